The maximum atomic E-state index is 12.1. The fourth-order valence-electron chi connectivity index (χ4n) is 3.87. The molecule has 0 unspecified atom stereocenters. The van der Waals surface area contributed by atoms with E-state index in [1.54, 1.807) is 0 Å². The molecule has 2 fully saturated rings. The fourth-order valence-corrected chi connectivity index (χ4v) is 3.87. The maximum Gasteiger partial charge on any atom is 0.317 e. The quantitative estimate of drug-likeness (QED) is 0.885. The van der Waals surface area contributed by atoms with Gasteiger partial charge in [0.1, 0.15) is 11.6 Å². The molecule has 1 N–H and O–H groups in total. The molecule has 0 bridgehead atoms. The summed E-state index contributed by atoms with van der Waals surface area (Å²) in [5.74, 6) is 2.56. The minimum atomic E-state index is 0.0732. The molecule has 2 amide bonds. The van der Waals surface area contributed by atoms with Crippen molar-refractivity contribution in [3.8, 4) is 0 Å². The van der Waals surface area contributed by atoms with Crippen molar-refractivity contribution in [2.45, 2.75) is 57.9 Å². The molecular formula is C18H32N6O. The number of rotatable bonds is 5. The summed E-state index contributed by atoms with van der Waals surface area (Å²) in [6.07, 6.45) is 6.85. The van der Waals surface area contributed by atoms with Crippen molar-refractivity contribution in [3.05, 3.63) is 11.6 Å². The van der Waals surface area contributed by atoms with Crippen LogP contribution in [-0.4, -0.2) is 63.3 Å². The zero-order chi connectivity index (χ0) is 17.6. The van der Waals surface area contributed by atoms with Gasteiger partial charge in [-0.05, 0) is 45.2 Å². The second-order valence-corrected chi connectivity index (χ2v) is 7.36. The van der Waals surface area contributed by atoms with Crippen LogP contribution in [0.25, 0.3) is 0 Å². The summed E-state index contributed by atoms with van der Waals surface area (Å²) in [5.41, 5.74) is 0. The number of nitrogens with one attached hydrogen (secondary N) is 1. The molecule has 3 rings (SSSR count). The first-order valence-corrected chi connectivity index (χ1v) is 9.82. The molecule has 3 heterocycles. The molecule has 2 aliphatic heterocycles. The lowest BCUT2D eigenvalue weighted by atomic mass is 9.96. The molecule has 0 aliphatic carbocycles. The van der Waals surface area contributed by atoms with Crippen LogP contribution < -0.4 is 5.32 Å². The number of piperidine rings is 2. The fraction of sp³-hybridized carbons (Fsp3) is 0.833. The predicted molar refractivity (Wildman–Crippen MR) is 97.4 cm³/mol. The smallest absolute Gasteiger partial charge is 0.317 e. The van der Waals surface area contributed by atoms with Crippen molar-refractivity contribution < 1.29 is 4.79 Å². The van der Waals surface area contributed by atoms with Crippen LogP contribution in [0.2, 0.25) is 0 Å². The van der Waals surface area contributed by atoms with Crippen molar-refractivity contribution in [1.82, 2.24) is 29.9 Å². The van der Waals surface area contributed by atoms with E-state index in [0.29, 0.717) is 5.92 Å². The SMILES string of the molecule is CCCNC(=O)N1CCC(c2nnc(CN3CCCCC3)n2C)CC1. The Balaban J connectivity index is 1.54. The molecule has 1 aromatic heterocycles. The molecule has 0 aromatic carbocycles. The number of hydrogen-bond acceptors (Lipinski definition) is 4. The average molecular weight is 348 g/mol. The Bertz CT molecular complexity index is 558. The van der Waals surface area contributed by atoms with Crippen molar-refractivity contribution in [2.24, 2.45) is 7.05 Å². The third-order valence-corrected chi connectivity index (χ3v) is 5.49. The van der Waals surface area contributed by atoms with Crippen LogP contribution in [0.3, 0.4) is 0 Å². The number of urea groups is 1. The van der Waals surface area contributed by atoms with E-state index >= 15 is 0 Å². The third-order valence-electron chi connectivity index (χ3n) is 5.49. The number of carbonyl (C=O) groups excluding carboxylic acids is 1. The Morgan fingerprint density at radius 1 is 1.12 bits per heavy atom. The summed E-state index contributed by atoms with van der Waals surface area (Å²) in [5, 5.41) is 11.9. The first-order chi connectivity index (χ1) is 12.2. The molecule has 0 atom stereocenters. The first kappa shape index (κ1) is 18.2. The van der Waals surface area contributed by atoms with Crippen molar-refractivity contribution in [2.75, 3.05) is 32.7 Å². The number of nitrogens with zero attached hydrogens (tertiary/aromatic N) is 5. The molecule has 2 saturated heterocycles. The van der Waals surface area contributed by atoms with Gasteiger partial charge in [0.25, 0.3) is 0 Å². The molecule has 1 aromatic rings. The number of hydrogen-bond donors (Lipinski definition) is 1. The lowest BCUT2D eigenvalue weighted by molar-refractivity contribution is 0.180. The molecule has 0 spiro atoms. The highest BCUT2D eigenvalue weighted by Gasteiger charge is 2.27. The summed E-state index contributed by atoms with van der Waals surface area (Å²) in [6.45, 7) is 7.68. The van der Waals surface area contributed by atoms with Crippen LogP contribution in [0.1, 0.15) is 63.0 Å². The van der Waals surface area contributed by atoms with E-state index in [9.17, 15) is 4.79 Å². The molecule has 7 nitrogen and oxygen atoms in total. The molecular weight excluding hydrogens is 316 g/mol. The van der Waals surface area contributed by atoms with E-state index < -0.39 is 0 Å². The molecule has 0 radical (unpaired) electrons. The van der Waals surface area contributed by atoms with E-state index in [1.165, 1.54) is 32.4 Å². The number of likely N-dealkylation sites (tertiary alicyclic amines) is 2. The number of aromatic nitrogens is 3. The Kier molecular flexibility index (Phi) is 6.29. The minimum absolute atomic E-state index is 0.0732. The van der Waals surface area contributed by atoms with Crippen molar-refractivity contribution in [1.29, 1.82) is 0 Å². The lowest BCUT2D eigenvalue weighted by Crippen LogP contribution is -2.44. The van der Waals surface area contributed by atoms with E-state index in [-0.39, 0.29) is 6.03 Å². The first-order valence-electron chi connectivity index (χ1n) is 9.82. The van der Waals surface area contributed by atoms with Crippen LogP contribution in [0, 0.1) is 0 Å². The summed E-state index contributed by atoms with van der Waals surface area (Å²) < 4.78 is 2.19. The molecule has 140 valence electrons. The molecule has 0 saturated carbocycles. The normalized spacial score (nSPS) is 20.0. The Labute approximate surface area is 150 Å². The topological polar surface area (TPSA) is 66.3 Å². The van der Waals surface area contributed by atoms with Crippen LogP contribution in [0.4, 0.5) is 4.79 Å². The molecule has 2 aliphatic rings. The van der Waals surface area contributed by atoms with E-state index in [0.717, 1.165) is 57.1 Å². The maximum absolute atomic E-state index is 12.1. The van der Waals surface area contributed by atoms with Crippen LogP contribution in [0.5, 0.6) is 0 Å². The Hall–Kier alpha value is -1.63. The van der Waals surface area contributed by atoms with Gasteiger partial charge in [-0.3, -0.25) is 4.90 Å². The van der Waals surface area contributed by atoms with Gasteiger partial charge in [-0.15, -0.1) is 10.2 Å². The summed E-state index contributed by atoms with van der Waals surface area (Å²) in [6, 6.07) is 0.0732. The zero-order valence-electron chi connectivity index (χ0n) is 15.7. The number of amides is 2. The second-order valence-electron chi connectivity index (χ2n) is 7.36. The monoisotopic (exact) mass is 348 g/mol. The highest BCUT2D eigenvalue weighted by molar-refractivity contribution is 5.74. The van der Waals surface area contributed by atoms with E-state index in [2.05, 4.69) is 39.0 Å². The standard InChI is InChI=1S/C18H32N6O/c1-3-9-19-18(25)24-12-7-15(8-13-24)17-21-20-16(22(17)2)14-23-10-5-4-6-11-23/h15H,3-14H2,1-2H3,(H,19,25). The van der Waals surface area contributed by atoms with E-state index in [4.69, 9.17) is 0 Å². The van der Waals surface area contributed by atoms with Gasteiger partial charge in [-0.1, -0.05) is 13.3 Å². The highest BCUT2D eigenvalue weighted by Crippen LogP contribution is 2.27. The predicted octanol–water partition coefficient (Wildman–Crippen LogP) is 2.10. The summed E-state index contributed by atoms with van der Waals surface area (Å²) >= 11 is 0. The van der Waals surface area contributed by atoms with Crippen LogP contribution in [0.15, 0.2) is 0 Å². The van der Waals surface area contributed by atoms with Crippen molar-refractivity contribution >= 4 is 6.03 Å². The van der Waals surface area contributed by atoms with Gasteiger partial charge in [0.2, 0.25) is 0 Å². The third kappa shape index (κ3) is 4.51. The van der Waals surface area contributed by atoms with Gasteiger partial charge in [0.15, 0.2) is 0 Å². The number of carbonyl (C=O) groups is 1. The highest BCUT2D eigenvalue weighted by atomic mass is 16.2. The van der Waals surface area contributed by atoms with Gasteiger partial charge in [0, 0.05) is 32.6 Å². The van der Waals surface area contributed by atoms with Crippen LogP contribution in [-0.2, 0) is 13.6 Å². The zero-order valence-corrected chi connectivity index (χ0v) is 15.7. The van der Waals surface area contributed by atoms with Gasteiger partial charge in [-0.2, -0.15) is 0 Å². The Morgan fingerprint density at radius 3 is 2.52 bits per heavy atom. The van der Waals surface area contributed by atoms with Crippen LogP contribution >= 0.6 is 0 Å². The minimum Gasteiger partial charge on any atom is -0.338 e. The van der Waals surface area contributed by atoms with Gasteiger partial charge in [0.05, 0.1) is 6.54 Å². The molecule has 7 heteroatoms. The van der Waals surface area contributed by atoms with Gasteiger partial charge in [-0.25, -0.2) is 4.79 Å². The van der Waals surface area contributed by atoms with Crippen molar-refractivity contribution in [3.63, 3.8) is 0 Å². The Morgan fingerprint density at radius 2 is 1.84 bits per heavy atom. The lowest BCUT2D eigenvalue weighted by Gasteiger charge is -2.31. The summed E-state index contributed by atoms with van der Waals surface area (Å²) in [7, 11) is 2.09. The van der Waals surface area contributed by atoms with Gasteiger partial charge >= 0.3 is 6.03 Å². The summed E-state index contributed by atoms with van der Waals surface area (Å²) in [4.78, 5) is 16.5. The largest absolute Gasteiger partial charge is 0.338 e. The van der Waals surface area contributed by atoms with E-state index in [1.807, 2.05) is 4.90 Å². The second kappa shape index (κ2) is 8.65. The molecule has 25 heavy (non-hydrogen) atoms. The average Bonchev–Trinajstić information content (AvgIpc) is 3.01. The van der Waals surface area contributed by atoms with Gasteiger partial charge < -0.3 is 14.8 Å².